The minimum Gasteiger partial charge on any atom is -0.459 e. The maximum Gasteiger partial charge on any atom is 0.338 e. The number of hydroxylamine groups is 2. The number of anilines is 1. The summed E-state index contributed by atoms with van der Waals surface area (Å²) in [4.78, 5) is 12.4. The number of carbonyl (C=O) groups is 1. The van der Waals surface area contributed by atoms with Crippen LogP contribution in [0.3, 0.4) is 0 Å². The van der Waals surface area contributed by atoms with E-state index in [-0.39, 0.29) is 12.1 Å². The van der Waals surface area contributed by atoms with Crippen molar-refractivity contribution in [2.45, 2.75) is 77.6 Å². The van der Waals surface area contributed by atoms with Crippen molar-refractivity contribution in [3.63, 3.8) is 0 Å². The molecule has 0 aromatic heterocycles. The Morgan fingerprint density at radius 2 is 1.67 bits per heavy atom. The van der Waals surface area contributed by atoms with Crippen LogP contribution in [0.1, 0.15) is 64.7 Å². The lowest BCUT2D eigenvalue weighted by molar-refractivity contribution is -0.256. The molecule has 0 bridgehead atoms. The van der Waals surface area contributed by atoms with E-state index in [0.717, 1.165) is 5.69 Å². The molecule has 1 saturated heterocycles. The van der Waals surface area contributed by atoms with Crippen LogP contribution < -0.4 is 5.32 Å². The molecule has 0 aliphatic carbocycles. The monoisotopic (exact) mass is 334 g/mol. The van der Waals surface area contributed by atoms with E-state index >= 15 is 0 Å². The molecule has 2 rings (SSSR count). The quantitative estimate of drug-likeness (QED) is 0.813. The summed E-state index contributed by atoms with van der Waals surface area (Å²) in [5.41, 5.74) is 0.666. The summed E-state index contributed by atoms with van der Waals surface area (Å²) in [6.07, 6.45) is 0.997. The van der Waals surface area contributed by atoms with Crippen molar-refractivity contribution in [1.29, 1.82) is 0 Å². The first kappa shape index (κ1) is 18.7. The molecular formula is C19H30N2O3. The van der Waals surface area contributed by atoms with Crippen LogP contribution in [0.4, 0.5) is 5.69 Å². The third kappa shape index (κ3) is 4.28. The molecule has 0 saturated carbocycles. The highest BCUT2D eigenvalue weighted by Crippen LogP contribution is 2.38. The highest BCUT2D eigenvalue weighted by Gasteiger charge is 2.46. The zero-order valence-corrected chi connectivity index (χ0v) is 15.6. The molecule has 0 amide bonds. The van der Waals surface area contributed by atoms with Crippen molar-refractivity contribution in [3.05, 3.63) is 29.8 Å². The zero-order valence-electron chi connectivity index (χ0n) is 15.6. The number of rotatable bonds is 4. The number of nitrogens with zero attached hydrogens (tertiary/aromatic N) is 1. The van der Waals surface area contributed by atoms with Gasteiger partial charge in [0.25, 0.3) is 0 Å². The maximum absolute atomic E-state index is 12.4. The van der Waals surface area contributed by atoms with Gasteiger partial charge in [-0.25, -0.2) is 4.79 Å². The number of hydrogen-bond acceptors (Lipinski definition) is 5. The Balaban J connectivity index is 2.04. The van der Waals surface area contributed by atoms with Crippen molar-refractivity contribution in [3.8, 4) is 0 Å². The van der Waals surface area contributed by atoms with Crippen LogP contribution in [0.2, 0.25) is 0 Å². The Labute approximate surface area is 145 Å². The molecule has 1 aromatic rings. The van der Waals surface area contributed by atoms with Crippen molar-refractivity contribution in [1.82, 2.24) is 5.06 Å². The molecule has 1 aliphatic rings. The van der Waals surface area contributed by atoms with Gasteiger partial charge in [-0.1, -0.05) is 0 Å². The van der Waals surface area contributed by atoms with Gasteiger partial charge in [0.1, 0.15) is 6.10 Å². The lowest BCUT2D eigenvalue weighted by Crippen LogP contribution is -2.60. The normalized spacial score (nSPS) is 20.8. The molecule has 1 heterocycles. The summed E-state index contributed by atoms with van der Waals surface area (Å²) >= 11 is 0. The highest BCUT2D eigenvalue weighted by atomic mass is 16.5. The van der Waals surface area contributed by atoms with E-state index in [2.05, 4.69) is 19.2 Å². The number of hydrogen-bond donors (Lipinski definition) is 2. The van der Waals surface area contributed by atoms with Gasteiger partial charge in [0.15, 0.2) is 0 Å². The largest absolute Gasteiger partial charge is 0.459 e. The first-order chi connectivity index (χ1) is 11.0. The maximum atomic E-state index is 12.4. The van der Waals surface area contributed by atoms with Gasteiger partial charge in [-0.05, 0) is 65.8 Å². The SMILES string of the molecule is CC(C)Nc1ccc(C(=O)OC2CC(C)(C)N(O)C(C)(C)C2)cc1. The molecule has 0 radical (unpaired) electrons. The zero-order chi connectivity index (χ0) is 18.1. The van der Waals surface area contributed by atoms with E-state index in [1.807, 2.05) is 39.8 Å². The van der Waals surface area contributed by atoms with E-state index in [4.69, 9.17) is 4.74 Å². The topological polar surface area (TPSA) is 61.8 Å². The van der Waals surface area contributed by atoms with E-state index in [1.165, 1.54) is 5.06 Å². The number of carbonyl (C=O) groups excluding carboxylic acids is 1. The molecular weight excluding hydrogens is 304 g/mol. The van der Waals surface area contributed by atoms with Crippen molar-refractivity contribution >= 4 is 11.7 Å². The molecule has 1 fully saturated rings. The lowest BCUT2D eigenvalue weighted by Gasteiger charge is -2.50. The lowest BCUT2D eigenvalue weighted by atomic mass is 9.80. The number of ether oxygens (including phenoxy) is 1. The van der Waals surface area contributed by atoms with Crippen molar-refractivity contribution in [2.24, 2.45) is 0 Å². The van der Waals surface area contributed by atoms with Gasteiger partial charge < -0.3 is 15.3 Å². The summed E-state index contributed by atoms with van der Waals surface area (Å²) in [6, 6.07) is 7.69. The van der Waals surface area contributed by atoms with Crippen LogP contribution in [0, 0.1) is 0 Å². The average molecular weight is 334 g/mol. The van der Waals surface area contributed by atoms with Crippen LogP contribution in [-0.4, -0.2) is 39.5 Å². The predicted molar refractivity (Wildman–Crippen MR) is 95.4 cm³/mol. The number of esters is 1. The van der Waals surface area contributed by atoms with Crippen LogP contribution in [0.15, 0.2) is 24.3 Å². The third-order valence-electron chi connectivity index (χ3n) is 4.45. The third-order valence-corrected chi connectivity index (χ3v) is 4.45. The standard InChI is InChI=1S/C19H30N2O3/c1-13(2)20-15-9-7-14(8-10-15)17(22)24-16-11-18(3,4)21(23)19(5,6)12-16/h7-10,13,16,20,23H,11-12H2,1-6H3. The smallest absolute Gasteiger partial charge is 0.338 e. The number of benzene rings is 1. The molecule has 5 heteroatoms. The molecule has 2 N–H and O–H groups in total. The molecule has 0 atom stereocenters. The van der Waals surface area contributed by atoms with Crippen LogP contribution in [0.25, 0.3) is 0 Å². The van der Waals surface area contributed by atoms with Gasteiger partial charge >= 0.3 is 5.97 Å². The Hall–Kier alpha value is -1.59. The van der Waals surface area contributed by atoms with Gasteiger partial charge in [-0.2, -0.15) is 5.06 Å². The minimum atomic E-state index is -0.433. The Morgan fingerprint density at radius 3 is 2.12 bits per heavy atom. The van der Waals surface area contributed by atoms with Crippen molar-refractivity contribution in [2.75, 3.05) is 5.32 Å². The summed E-state index contributed by atoms with van der Waals surface area (Å²) in [5.74, 6) is -0.311. The Morgan fingerprint density at radius 1 is 1.17 bits per heavy atom. The number of nitrogens with one attached hydrogen (secondary N) is 1. The van der Waals surface area contributed by atoms with Gasteiger partial charge in [-0.3, -0.25) is 0 Å². The molecule has 0 unspecified atom stereocenters. The van der Waals surface area contributed by atoms with Crippen LogP contribution in [-0.2, 0) is 4.74 Å². The van der Waals surface area contributed by atoms with Crippen molar-refractivity contribution < 1.29 is 14.7 Å². The summed E-state index contributed by atoms with van der Waals surface area (Å²) < 4.78 is 5.72. The molecule has 0 spiro atoms. The van der Waals surface area contributed by atoms with E-state index in [1.54, 1.807) is 12.1 Å². The second-order valence-electron chi connectivity index (χ2n) is 8.25. The molecule has 134 valence electrons. The Kier molecular flexibility index (Phi) is 5.25. The summed E-state index contributed by atoms with van der Waals surface area (Å²) in [5, 5.41) is 15.0. The fourth-order valence-electron chi connectivity index (χ4n) is 3.52. The molecule has 5 nitrogen and oxygen atoms in total. The van der Waals surface area contributed by atoms with E-state index in [9.17, 15) is 10.0 Å². The van der Waals surface area contributed by atoms with Crippen LogP contribution in [0.5, 0.6) is 0 Å². The summed E-state index contributed by atoms with van der Waals surface area (Å²) in [7, 11) is 0. The fourth-order valence-corrected chi connectivity index (χ4v) is 3.52. The molecule has 1 aliphatic heterocycles. The van der Waals surface area contributed by atoms with Gasteiger partial charge in [0.2, 0.25) is 0 Å². The van der Waals surface area contributed by atoms with E-state index < -0.39 is 11.1 Å². The highest BCUT2D eigenvalue weighted by molar-refractivity contribution is 5.90. The second kappa shape index (κ2) is 6.73. The van der Waals surface area contributed by atoms with Crippen LogP contribution >= 0.6 is 0 Å². The number of piperidine rings is 1. The minimum absolute atomic E-state index is 0.209. The molecule has 24 heavy (non-hydrogen) atoms. The first-order valence-electron chi connectivity index (χ1n) is 8.58. The van der Waals surface area contributed by atoms with Gasteiger partial charge in [0, 0.05) is 35.6 Å². The van der Waals surface area contributed by atoms with E-state index in [0.29, 0.717) is 24.4 Å². The summed E-state index contributed by atoms with van der Waals surface area (Å²) in [6.45, 7) is 12.0. The molecule has 1 aromatic carbocycles. The van der Waals surface area contributed by atoms with Gasteiger partial charge in [-0.15, -0.1) is 0 Å². The predicted octanol–water partition coefficient (Wildman–Crippen LogP) is 4.07. The van der Waals surface area contributed by atoms with Gasteiger partial charge in [0.05, 0.1) is 5.56 Å². The second-order valence-corrected chi connectivity index (χ2v) is 8.25. The fraction of sp³-hybridized carbons (Fsp3) is 0.632. The Bertz CT molecular complexity index is 561. The first-order valence-corrected chi connectivity index (χ1v) is 8.58. The average Bonchev–Trinajstić information content (AvgIpc) is 2.44.